The van der Waals surface area contributed by atoms with Gasteiger partial charge in [-0.15, -0.1) is 12.4 Å². The van der Waals surface area contributed by atoms with E-state index in [1.807, 2.05) is 0 Å². The molecule has 112 valence electrons. The van der Waals surface area contributed by atoms with E-state index in [2.05, 4.69) is 4.90 Å². The molecule has 1 aliphatic heterocycles. The van der Waals surface area contributed by atoms with E-state index in [1.54, 1.807) is 0 Å². The van der Waals surface area contributed by atoms with Crippen molar-refractivity contribution < 1.29 is 14.6 Å². The molecule has 0 spiro atoms. The molecule has 0 aromatic carbocycles. The molecule has 1 saturated carbocycles. The second-order valence-corrected chi connectivity index (χ2v) is 5.63. The monoisotopic (exact) mass is 291 g/mol. The van der Waals surface area contributed by atoms with Crippen molar-refractivity contribution in [3.63, 3.8) is 0 Å². The molecule has 2 aliphatic rings. The molecule has 0 bridgehead atoms. The summed E-state index contributed by atoms with van der Waals surface area (Å²) in [6.45, 7) is 3.45. The SMILES string of the molecule is Cl.O=C(OCCN1CCCC1)C1(O)CCCCCC1. The summed E-state index contributed by atoms with van der Waals surface area (Å²) in [4.78, 5) is 14.3. The van der Waals surface area contributed by atoms with Gasteiger partial charge in [0.05, 0.1) is 0 Å². The fourth-order valence-electron chi connectivity index (χ4n) is 2.93. The summed E-state index contributed by atoms with van der Waals surface area (Å²) in [6, 6.07) is 0. The third kappa shape index (κ3) is 4.93. The molecule has 0 aromatic rings. The Morgan fingerprint density at radius 3 is 2.21 bits per heavy atom. The molecular weight excluding hydrogens is 266 g/mol. The zero-order chi connectivity index (χ0) is 12.8. The Morgan fingerprint density at radius 2 is 1.63 bits per heavy atom. The first-order chi connectivity index (χ1) is 8.71. The van der Waals surface area contributed by atoms with Gasteiger partial charge < -0.3 is 9.84 Å². The number of hydrogen-bond acceptors (Lipinski definition) is 4. The number of halogens is 1. The molecule has 0 atom stereocenters. The van der Waals surface area contributed by atoms with Gasteiger partial charge in [-0.25, -0.2) is 4.79 Å². The van der Waals surface area contributed by atoms with Crippen LogP contribution in [0.25, 0.3) is 0 Å². The normalized spacial score (nSPS) is 23.4. The average molecular weight is 292 g/mol. The van der Waals surface area contributed by atoms with Crippen LogP contribution in [-0.4, -0.2) is 47.8 Å². The van der Waals surface area contributed by atoms with Gasteiger partial charge in [0, 0.05) is 6.54 Å². The van der Waals surface area contributed by atoms with E-state index in [0.29, 0.717) is 19.4 Å². The van der Waals surface area contributed by atoms with Crippen molar-refractivity contribution >= 4 is 18.4 Å². The van der Waals surface area contributed by atoms with E-state index in [1.165, 1.54) is 12.8 Å². The fraction of sp³-hybridized carbons (Fsp3) is 0.929. The number of esters is 1. The minimum absolute atomic E-state index is 0. The van der Waals surface area contributed by atoms with Crippen molar-refractivity contribution in [2.24, 2.45) is 0 Å². The summed E-state index contributed by atoms with van der Waals surface area (Å²) in [6.07, 6.45) is 7.71. The van der Waals surface area contributed by atoms with Crippen LogP contribution in [0, 0.1) is 0 Å². The Morgan fingerprint density at radius 1 is 1.05 bits per heavy atom. The Hall–Kier alpha value is -0.320. The van der Waals surface area contributed by atoms with E-state index in [4.69, 9.17) is 4.74 Å². The van der Waals surface area contributed by atoms with Gasteiger partial charge in [-0.05, 0) is 51.6 Å². The molecule has 0 aromatic heterocycles. The standard InChI is InChI=1S/C14H25NO3.ClH/c16-13(14(17)7-3-1-2-4-8-14)18-12-11-15-9-5-6-10-15;/h17H,1-12H2;1H. The van der Waals surface area contributed by atoms with Crippen molar-refractivity contribution in [3.8, 4) is 0 Å². The lowest BCUT2D eigenvalue weighted by atomic mass is 9.95. The highest BCUT2D eigenvalue weighted by atomic mass is 35.5. The molecule has 2 rings (SSSR count). The van der Waals surface area contributed by atoms with E-state index in [0.717, 1.165) is 45.3 Å². The number of rotatable bonds is 4. The van der Waals surface area contributed by atoms with Gasteiger partial charge in [0.2, 0.25) is 0 Å². The Labute approximate surface area is 121 Å². The highest BCUT2D eigenvalue weighted by Gasteiger charge is 2.37. The van der Waals surface area contributed by atoms with Gasteiger partial charge in [-0.3, -0.25) is 4.90 Å². The Bertz CT molecular complexity index is 272. The summed E-state index contributed by atoms with van der Waals surface area (Å²) in [7, 11) is 0. The molecule has 1 heterocycles. The summed E-state index contributed by atoms with van der Waals surface area (Å²) < 4.78 is 5.27. The van der Waals surface area contributed by atoms with Crippen LogP contribution >= 0.6 is 12.4 Å². The Kier molecular flexibility index (Phi) is 7.11. The van der Waals surface area contributed by atoms with E-state index < -0.39 is 11.6 Å². The van der Waals surface area contributed by atoms with E-state index >= 15 is 0 Å². The number of likely N-dealkylation sites (tertiary alicyclic amines) is 1. The van der Waals surface area contributed by atoms with Gasteiger partial charge in [-0.2, -0.15) is 0 Å². The number of carbonyl (C=O) groups excluding carboxylic acids is 1. The number of nitrogens with zero attached hydrogens (tertiary/aromatic N) is 1. The third-order valence-electron chi connectivity index (χ3n) is 4.15. The van der Waals surface area contributed by atoms with Crippen molar-refractivity contribution in [1.82, 2.24) is 4.90 Å². The highest BCUT2D eigenvalue weighted by molar-refractivity contribution is 5.85. The fourth-order valence-corrected chi connectivity index (χ4v) is 2.93. The molecule has 1 N–H and O–H groups in total. The van der Waals surface area contributed by atoms with Crippen LogP contribution in [0.5, 0.6) is 0 Å². The topological polar surface area (TPSA) is 49.8 Å². The van der Waals surface area contributed by atoms with Crippen molar-refractivity contribution in [2.45, 2.75) is 57.0 Å². The first-order valence-corrected chi connectivity index (χ1v) is 7.33. The van der Waals surface area contributed by atoms with Crippen LogP contribution < -0.4 is 0 Å². The summed E-state index contributed by atoms with van der Waals surface area (Å²) in [5.41, 5.74) is -1.21. The van der Waals surface area contributed by atoms with Crippen LogP contribution in [0.3, 0.4) is 0 Å². The van der Waals surface area contributed by atoms with Gasteiger partial charge in [-0.1, -0.05) is 12.8 Å². The largest absolute Gasteiger partial charge is 0.462 e. The smallest absolute Gasteiger partial charge is 0.338 e. The minimum atomic E-state index is -1.21. The van der Waals surface area contributed by atoms with Crippen molar-refractivity contribution in [1.29, 1.82) is 0 Å². The highest BCUT2D eigenvalue weighted by Crippen LogP contribution is 2.28. The van der Waals surface area contributed by atoms with E-state index in [9.17, 15) is 9.90 Å². The lowest BCUT2D eigenvalue weighted by molar-refractivity contribution is -0.167. The quantitative estimate of drug-likeness (QED) is 0.637. The van der Waals surface area contributed by atoms with Crippen LogP contribution in [0.2, 0.25) is 0 Å². The number of hydrogen-bond donors (Lipinski definition) is 1. The Balaban J connectivity index is 0.00000180. The first kappa shape index (κ1) is 16.7. The maximum atomic E-state index is 12.0. The van der Waals surface area contributed by atoms with Gasteiger partial charge in [0.25, 0.3) is 0 Å². The number of carbonyl (C=O) groups is 1. The van der Waals surface area contributed by atoms with Crippen LogP contribution in [0.1, 0.15) is 51.4 Å². The summed E-state index contributed by atoms with van der Waals surface area (Å²) in [5.74, 6) is -0.399. The molecule has 1 aliphatic carbocycles. The molecule has 1 saturated heterocycles. The van der Waals surface area contributed by atoms with E-state index in [-0.39, 0.29) is 12.4 Å². The lowest BCUT2D eigenvalue weighted by Crippen LogP contribution is -2.40. The van der Waals surface area contributed by atoms with Crippen molar-refractivity contribution in [2.75, 3.05) is 26.2 Å². The predicted molar refractivity (Wildman–Crippen MR) is 76.5 cm³/mol. The van der Waals surface area contributed by atoms with Gasteiger partial charge >= 0.3 is 5.97 Å². The summed E-state index contributed by atoms with van der Waals surface area (Å²) in [5, 5.41) is 10.3. The molecule has 2 fully saturated rings. The average Bonchev–Trinajstić information content (AvgIpc) is 2.77. The molecule has 0 amide bonds. The molecular formula is C14H26ClNO3. The molecule has 0 radical (unpaired) electrons. The van der Waals surface area contributed by atoms with Crippen LogP contribution in [0.15, 0.2) is 0 Å². The van der Waals surface area contributed by atoms with Crippen LogP contribution in [0.4, 0.5) is 0 Å². The second-order valence-electron chi connectivity index (χ2n) is 5.63. The first-order valence-electron chi connectivity index (χ1n) is 7.33. The minimum Gasteiger partial charge on any atom is -0.462 e. The maximum Gasteiger partial charge on any atom is 0.338 e. The molecule has 0 unspecified atom stereocenters. The second kappa shape index (κ2) is 8.08. The van der Waals surface area contributed by atoms with Crippen molar-refractivity contribution in [3.05, 3.63) is 0 Å². The third-order valence-corrected chi connectivity index (χ3v) is 4.15. The molecule has 4 nitrogen and oxygen atoms in total. The summed E-state index contributed by atoms with van der Waals surface area (Å²) >= 11 is 0. The number of ether oxygens (including phenoxy) is 1. The number of aliphatic hydroxyl groups is 1. The molecule has 19 heavy (non-hydrogen) atoms. The zero-order valence-electron chi connectivity index (χ0n) is 11.6. The predicted octanol–water partition coefficient (Wildman–Crippen LogP) is 2.13. The lowest BCUT2D eigenvalue weighted by Gasteiger charge is -2.24. The van der Waals surface area contributed by atoms with Gasteiger partial charge in [0.15, 0.2) is 5.60 Å². The van der Waals surface area contributed by atoms with Gasteiger partial charge in [0.1, 0.15) is 6.61 Å². The van der Waals surface area contributed by atoms with Crippen LogP contribution in [-0.2, 0) is 9.53 Å². The molecule has 5 heteroatoms. The maximum absolute atomic E-state index is 12.0. The zero-order valence-corrected chi connectivity index (χ0v) is 12.4.